The largest absolute Gasteiger partial charge is 0.491 e. The van der Waals surface area contributed by atoms with Crippen LogP contribution in [-0.2, 0) is 0 Å². The molecule has 1 aliphatic rings. The van der Waals surface area contributed by atoms with E-state index in [1.807, 2.05) is 38.1 Å². The van der Waals surface area contributed by atoms with E-state index >= 15 is 0 Å². The number of thiocarbonyl (C=S) groups is 1. The van der Waals surface area contributed by atoms with Crippen molar-refractivity contribution in [3.8, 4) is 5.75 Å². The zero-order chi connectivity index (χ0) is 17.4. The first kappa shape index (κ1) is 19.0. The molecule has 0 aliphatic carbocycles. The summed E-state index contributed by atoms with van der Waals surface area (Å²) >= 11 is 5.36. The van der Waals surface area contributed by atoms with Gasteiger partial charge < -0.3 is 20.3 Å². The number of anilines is 1. The van der Waals surface area contributed by atoms with Crippen molar-refractivity contribution in [3.63, 3.8) is 0 Å². The lowest BCUT2D eigenvalue weighted by atomic mass is 10.0. The fraction of sp³-hybridized carbons (Fsp3) is 0.632. The van der Waals surface area contributed by atoms with Crippen molar-refractivity contribution >= 4 is 23.0 Å². The van der Waals surface area contributed by atoms with Gasteiger partial charge in [-0.15, -0.1) is 0 Å². The molecule has 0 spiro atoms. The Morgan fingerprint density at radius 2 is 2.08 bits per heavy atom. The van der Waals surface area contributed by atoms with Crippen LogP contribution in [0.25, 0.3) is 0 Å². The Labute approximate surface area is 152 Å². The van der Waals surface area contributed by atoms with Crippen molar-refractivity contribution < 1.29 is 4.74 Å². The SMILES string of the molecule is CC1CCCN(CCCNC(=S)Nc2ccc(OC(C)C)cc2)C1. The molecule has 0 saturated carbocycles. The number of hydrogen-bond donors (Lipinski definition) is 2. The standard InChI is InChI=1S/C19H31N3OS/c1-15(2)23-18-9-7-17(8-10-18)21-19(24)20-11-5-13-22-12-4-6-16(3)14-22/h7-10,15-16H,4-6,11-14H2,1-3H3,(H2,20,21,24). The van der Waals surface area contributed by atoms with Crippen molar-refractivity contribution in [2.75, 3.05) is 31.5 Å². The van der Waals surface area contributed by atoms with Gasteiger partial charge in [-0.2, -0.15) is 0 Å². The predicted molar refractivity (Wildman–Crippen MR) is 106 cm³/mol. The fourth-order valence-corrected chi connectivity index (χ4v) is 3.28. The summed E-state index contributed by atoms with van der Waals surface area (Å²) < 4.78 is 5.64. The number of hydrogen-bond acceptors (Lipinski definition) is 3. The van der Waals surface area contributed by atoms with Crippen molar-refractivity contribution in [3.05, 3.63) is 24.3 Å². The Bertz CT molecular complexity index is 504. The van der Waals surface area contributed by atoms with Gasteiger partial charge in [0.25, 0.3) is 0 Å². The predicted octanol–water partition coefficient (Wildman–Crippen LogP) is 3.88. The number of nitrogens with one attached hydrogen (secondary N) is 2. The number of benzene rings is 1. The molecule has 1 heterocycles. The summed E-state index contributed by atoms with van der Waals surface area (Å²) in [7, 11) is 0. The van der Waals surface area contributed by atoms with Crippen LogP contribution < -0.4 is 15.4 Å². The number of rotatable bonds is 7. The average molecular weight is 350 g/mol. The molecule has 1 atom stereocenters. The highest BCUT2D eigenvalue weighted by molar-refractivity contribution is 7.80. The number of piperidine rings is 1. The minimum atomic E-state index is 0.189. The van der Waals surface area contributed by atoms with E-state index in [1.165, 1.54) is 25.9 Å². The summed E-state index contributed by atoms with van der Waals surface area (Å²) in [5, 5.41) is 7.19. The van der Waals surface area contributed by atoms with Crippen LogP contribution in [0.3, 0.4) is 0 Å². The van der Waals surface area contributed by atoms with Gasteiger partial charge in [-0.25, -0.2) is 0 Å². The summed E-state index contributed by atoms with van der Waals surface area (Å²) in [6, 6.07) is 7.90. The summed E-state index contributed by atoms with van der Waals surface area (Å²) in [6.45, 7) is 10.9. The number of likely N-dealkylation sites (tertiary alicyclic amines) is 1. The molecule has 1 fully saturated rings. The second kappa shape index (κ2) is 9.84. The average Bonchev–Trinajstić information content (AvgIpc) is 2.53. The molecule has 1 saturated heterocycles. The van der Waals surface area contributed by atoms with E-state index in [2.05, 4.69) is 22.5 Å². The molecule has 2 N–H and O–H groups in total. The molecule has 1 aromatic carbocycles. The molecule has 0 amide bonds. The normalized spacial score (nSPS) is 18.4. The van der Waals surface area contributed by atoms with Gasteiger partial charge in [-0.3, -0.25) is 0 Å². The van der Waals surface area contributed by atoms with Gasteiger partial charge in [0.2, 0.25) is 0 Å². The van der Waals surface area contributed by atoms with Crippen molar-refractivity contribution in [1.29, 1.82) is 0 Å². The molecule has 0 bridgehead atoms. The monoisotopic (exact) mass is 349 g/mol. The topological polar surface area (TPSA) is 36.5 Å². The Morgan fingerprint density at radius 3 is 2.75 bits per heavy atom. The van der Waals surface area contributed by atoms with E-state index in [9.17, 15) is 0 Å². The third-order valence-corrected chi connectivity index (χ3v) is 4.41. The molecule has 0 aromatic heterocycles. The quantitative estimate of drug-likeness (QED) is 0.577. The van der Waals surface area contributed by atoms with Crippen LogP contribution in [0.1, 0.15) is 40.0 Å². The molecular formula is C19H31N3OS. The van der Waals surface area contributed by atoms with Crippen LogP contribution >= 0.6 is 12.2 Å². The van der Waals surface area contributed by atoms with Gasteiger partial charge in [0.05, 0.1) is 6.10 Å². The van der Waals surface area contributed by atoms with Crippen LogP contribution in [0.5, 0.6) is 5.75 Å². The molecule has 1 aliphatic heterocycles. The molecule has 2 rings (SSSR count). The third kappa shape index (κ3) is 7.05. The second-order valence-corrected chi connectivity index (χ2v) is 7.38. The summed E-state index contributed by atoms with van der Waals surface area (Å²) in [4.78, 5) is 2.57. The van der Waals surface area contributed by atoms with E-state index in [-0.39, 0.29) is 6.10 Å². The molecule has 5 heteroatoms. The maximum atomic E-state index is 5.64. The van der Waals surface area contributed by atoms with Crippen LogP contribution in [0.15, 0.2) is 24.3 Å². The molecule has 0 radical (unpaired) electrons. The minimum absolute atomic E-state index is 0.189. The summed E-state index contributed by atoms with van der Waals surface area (Å²) in [5.74, 6) is 1.72. The molecule has 4 nitrogen and oxygen atoms in total. The Kier molecular flexibility index (Phi) is 7.79. The lowest BCUT2D eigenvalue weighted by Gasteiger charge is -2.30. The summed E-state index contributed by atoms with van der Waals surface area (Å²) in [5.41, 5.74) is 0.980. The van der Waals surface area contributed by atoms with Gasteiger partial charge >= 0.3 is 0 Å². The molecule has 1 aromatic rings. The first-order valence-electron chi connectivity index (χ1n) is 9.07. The summed E-state index contributed by atoms with van der Waals surface area (Å²) in [6.07, 6.45) is 4.03. The Balaban J connectivity index is 1.62. The highest BCUT2D eigenvalue weighted by atomic mass is 32.1. The van der Waals surface area contributed by atoms with Crippen LogP contribution in [0.4, 0.5) is 5.69 Å². The molecule has 24 heavy (non-hydrogen) atoms. The number of nitrogens with zero attached hydrogens (tertiary/aromatic N) is 1. The highest BCUT2D eigenvalue weighted by Gasteiger charge is 2.15. The van der Waals surface area contributed by atoms with E-state index in [0.717, 1.165) is 36.9 Å². The first-order chi connectivity index (χ1) is 11.5. The van der Waals surface area contributed by atoms with Crippen LogP contribution in [0, 0.1) is 5.92 Å². The van der Waals surface area contributed by atoms with E-state index in [4.69, 9.17) is 17.0 Å². The maximum absolute atomic E-state index is 5.64. The maximum Gasteiger partial charge on any atom is 0.170 e. The van der Waals surface area contributed by atoms with Gasteiger partial charge in [-0.1, -0.05) is 6.92 Å². The molecule has 1 unspecified atom stereocenters. The van der Waals surface area contributed by atoms with Gasteiger partial charge in [0.1, 0.15) is 5.75 Å². The second-order valence-electron chi connectivity index (χ2n) is 6.97. The van der Waals surface area contributed by atoms with Crippen molar-refractivity contribution in [1.82, 2.24) is 10.2 Å². The van der Waals surface area contributed by atoms with Crippen LogP contribution in [-0.4, -0.2) is 42.3 Å². The third-order valence-electron chi connectivity index (χ3n) is 4.16. The van der Waals surface area contributed by atoms with Crippen LogP contribution in [0.2, 0.25) is 0 Å². The molecule has 134 valence electrons. The molecular weight excluding hydrogens is 318 g/mol. The van der Waals surface area contributed by atoms with Gasteiger partial charge in [0.15, 0.2) is 5.11 Å². The lowest BCUT2D eigenvalue weighted by molar-refractivity contribution is 0.182. The van der Waals surface area contributed by atoms with E-state index in [1.54, 1.807) is 0 Å². The zero-order valence-electron chi connectivity index (χ0n) is 15.2. The first-order valence-corrected chi connectivity index (χ1v) is 9.47. The highest BCUT2D eigenvalue weighted by Crippen LogP contribution is 2.17. The van der Waals surface area contributed by atoms with Gasteiger partial charge in [0, 0.05) is 18.8 Å². The van der Waals surface area contributed by atoms with Crippen molar-refractivity contribution in [2.24, 2.45) is 5.92 Å². The minimum Gasteiger partial charge on any atom is -0.491 e. The van der Waals surface area contributed by atoms with E-state index in [0.29, 0.717) is 5.11 Å². The fourth-order valence-electron chi connectivity index (χ4n) is 3.06. The Morgan fingerprint density at radius 1 is 1.33 bits per heavy atom. The smallest absolute Gasteiger partial charge is 0.170 e. The van der Waals surface area contributed by atoms with E-state index < -0.39 is 0 Å². The zero-order valence-corrected chi connectivity index (χ0v) is 16.0. The lowest BCUT2D eigenvalue weighted by Crippen LogP contribution is -2.37. The van der Waals surface area contributed by atoms with Crippen molar-refractivity contribution in [2.45, 2.75) is 46.1 Å². The Hall–Kier alpha value is -1.33. The number of ether oxygens (including phenoxy) is 1. The van der Waals surface area contributed by atoms with Gasteiger partial charge in [-0.05, 0) is 88.6 Å².